The van der Waals surface area contributed by atoms with Crippen molar-refractivity contribution >= 4 is 39.4 Å². The van der Waals surface area contributed by atoms with E-state index in [-0.39, 0.29) is 17.7 Å². The zero-order valence-corrected chi connectivity index (χ0v) is 17.0. The van der Waals surface area contributed by atoms with Crippen molar-refractivity contribution in [3.05, 3.63) is 88.6 Å². The maximum Gasteiger partial charge on any atom is 0.326 e. The van der Waals surface area contributed by atoms with Gasteiger partial charge in [0, 0.05) is 16.8 Å². The van der Waals surface area contributed by atoms with Crippen molar-refractivity contribution in [3.63, 3.8) is 0 Å². The molecule has 0 bridgehead atoms. The molecule has 32 heavy (non-hydrogen) atoms. The largest absolute Gasteiger partial charge is 0.451 e. The Balaban J connectivity index is 1.57. The van der Waals surface area contributed by atoms with Gasteiger partial charge in [-0.25, -0.2) is 8.78 Å². The van der Waals surface area contributed by atoms with Crippen LogP contribution in [0.5, 0.6) is 0 Å². The van der Waals surface area contributed by atoms with Gasteiger partial charge in [-0.15, -0.1) is 0 Å². The summed E-state index contributed by atoms with van der Waals surface area (Å²) in [5.41, 5.74) is 0.740. The number of halogens is 2. The maximum absolute atomic E-state index is 13.8. The van der Waals surface area contributed by atoms with Crippen LogP contribution >= 0.6 is 0 Å². The molecular weight excluding hydrogens is 418 g/mol. The second-order valence-electron chi connectivity index (χ2n) is 7.20. The molecule has 1 heterocycles. The minimum atomic E-state index is -1.23. The number of carbonyl (C=O) groups is 2. The summed E-state index contributed by atoms with van der Waals surface area (Å²) in [7, 11) is 0. The maximum atomic E-state index is 13.8. The van der Waals surface area contributed by atoms with Crippen molar-refractivity contribution in [2.75, 3.05) is 5.32 Å². The van der Waals surface area contributed by atoms with E-state index < -0.39 is 29.6 Å². The Kier molecular flexibility index (Phi) is 5.68. The van der Waals surface area contributed by atoms with E-state index in [0.29, 0.717) is 27.9 Å². The number of benzene rings is 3. The summed E-state index contributed by atoms with van der Waals surface area (Å²) >= 11 is 0. The number of nitrogens with zero attached hydrogens (tertiary/aromatic N) is 1. The molecule has 1 N–H and O–H groups in total. The molecule has 162 valence electrons. The zero-order chi connectivity index (χ0) is 22.8. The Labute approximate surface area is 181 Å². The predicted molar refractivity (Wildman–Crippen MR) is 116 cm³/mol. The third-order valence-corrected chi connectivity index (χ3v) is 5.03. The summed E-state index contributed by atoms with van der Waals surface area (Å²) < 4.78 is 33.7. The van der Waals surface area contributed by atoms with Crippen LogP contribution in [0.2, 0.25) is 0 Å². The number of hydrogen-bond donors (Lipinski definition) is 1. The lowest BCUT2D eigenvalue weighted by Crippen LogP contribution is -2.31. The Hall–Kier alpha value is -4.07. The highest BCUT2D eigenvalue weighted by Crippen LogP contribution is 2.20. The third-order valence-electron chi connectivity index (χ3n) is 5.03. The van der Waals surface area contributed by atoms with E-state index in [4.69, 9.17) is 4.74 Å². The van der Waals surface area contributed by atoms with Gasteiger partial charge in [-0.2, -0.15) is 0 Å². The molecule has 4 aromatic rings. The van der Waals surface area contributed by atoms with Crippen molar-refractivity contribution < 1.29 is 23.1 Å². The summed E-state index contributed by atoms with van der Waals surface area (Å²) in [6, 6.07) is 16.5. The lowest BCUT2D eigenvalue weighted by atomic mass is 10.1. The molecule has 0 unspecified atom stereocenters. The number of para-hydroxylation sites is 2. The van der Waals surface area contributed by atoms with Crippen LogP contribution in [0.25, 0.3) is 21.8 Å². The van der Waals surface area contributed by atoms with E-state index in [1.807, 2.05) is 0 Å². The van der Waals surface area contributed by atoms with E-state index >= 15 is 0 Å². The molecular formula is C24H18F2N2O4. The summed E-state index contributed by atoms with van der Waals surface area (Å²) in [4.78, 5) is 37.7. The number of hydrogen-bond acceptors (Lipinski definition) is 4. The van der Waals surface area contributed by atoms with E-state index in [1.54, 1.807) is 53.1 Å². The fourth-order valence-corrected chi connectivity index (χ4v) is 3.49. The minimum Gasteiger partial charge on any atom is -0.451 e. The number of rotatable bonds is 5. The first kappa shape index (κ1) is 21.2. The third kappa shape index (κ3) is 4.07. The highest BCUT2D eigenvalue weighted by atomic mass is 19.1. The number of amides is 1. The number of fused-ring (bicyclic) bond motifs is 2. The van der Waals surface area contributed by atoms with Crippen LogP contribution in [0.3, 0.4) is 0 Å². The van der Waals surface area contributed by atoms with Gasteiger partial charge in [0.2, 0.25) is 0 Å². The molecule has 0 saturated heterocycles. The highest BCUT2D eigenvalue weighted by Gasteiger charge is 2.21. The van der Waals surface area contributed by atoms with Gasteiger partial charge in [0.25, 0.3) is 5.91 Å². The molecule has 4 rings (SSSR count). The zero-order valence-electron chi connectivity index (χ0n) is 17.0. The quantitative estimate of drug-likeness (QED) is 0.379. The second-order valence-corrected chi connectivity index (χ2v) is 7.20. The van der Waals surface area contributed by atoms with E-state index in [9.17, 15) is 23.2 Å². The monoisotopic (exact) mass is 436 g/mol. The molecule has 0 aliphatic carbocycles. The molecule has 6 nitrogen and oxygen atoms in total. The molecule has 1 amide bonds. The van der Waals surface area contributed by atoms with Crippen molar-refractivity contribution in [1.82, 2.24) is 4.57 Å². The standard InChI is InChI=1S/C24H18F2N2O4/c1-14(24(31)27-19-11-10-15(25)12-18(19)26)32-22(29)13-28-20-8-4-2-6-16(20)23(30)17-7-3-5-9-21(17)28/h2-12,14H,13H2,1H3,(H,27,31)/t14-/m0/s1. The molecule has 0 aliphatic heterocycles. The number of carbonyl (C=O) groups excluding carboxylic acids is 2. The van der Waals surface area contributed by atoms with Gasteiger partial charge in [0.1, 0.15) is 18.2 Å². The fraction of sp³-hybridized carbons (Fsp3) is 0.125. The number of pyridine rings is 1. The molecule has 0 fully saturated rings. The molecule has 0 saturated carbocycles. The lowest BCUT2D eigenvalue weighted by Gasteiger charge is -2.17. The van der Waals surface area contributed by atoms with Gasteiger partial charge in [0.05, 0.1) is 16.7 Å². The molecule has 1 atom stereocenters. The first-order valence-electron chi connectivity index (χ1n) is 9.81. The SMILES string of the molecule is C[C@H](OC(=O)Cn1c2ccccc2c(=O)c2ccccc21)C(=O)Nc1ccc(F)cc1F. The number of ether oxygens (including phenoxy) is 1. The highest BCUT2D eigenvalue weighted by molar-refractivity contribution is 5.96. The summed E-state index contributed by atoms with van der Waals surface area (Å²) in [6.45, 7) is 1.10. The van der Waals surface area contributed by atoms with Gasteiger partial charge in [-0.1, -0.05) is 24.3 Å². The van der Waals surface area contributed by atoms with Crippen LogP contribution in [0.15, 0.2) is 71.5 Å². The van der Waals surface area contributed by atoms with Crippen LogP contribution in [0.4, 0.5) is 14.5 Å². The summed E-state index contributed by atoms with van der Waals surface area (Å²) in [5, 5.41) is 3.18. The molecule has 0 aliphatic rings. The molecule has 0 radical (unpaired) electrons. The van der Waals surface area contributed by atoms with Crippen molar-refractivity contribution in [2.24, 2.45) is 0 Å². The van der Waals surface area contributed by atoms with Crippen molar-refractivity contribution in [2.45, 2.75) is 19.6 Å². The normalized spacial score (nSPS) is 12.0. The van der Waals surface area contributed by atoms with Crippen LogP contribution in [0, 0.1) is 11.6 Å². The average molecular weight is 436 g/mol. The number of anilines is 1. The van der Waals surface area contributed by atoms with Crippen LogP contribution in [0.1, 0.15) is 6.92 Å². The van der Waals surface area contributed by atoms with Crippen molar-refractivity contribution in [1.29, 1.82) is 0 Å². The fourth-order valence-electron chi connectivity index (χ4n) is 3.49. The Morgan fingerprint density at radius 3 is 2.16 bits per heavy atom. The number of nitrogens with one attached hydrogen (secondary N) is 1. The van der Waals surface area contributed by atoms with Gasteiger partial charge in [0.15, 0.2) is 11.5 Å². The van der Waals surface area contributed by atoms with Crippen LogP contribution < -0.4 is 10.7 Å². The first-order valence-corrected chi connectivity index (χ1v) is 9.81. The molecule has 1 aromatic heterocycles. The minimum absolute atomic E-state index is 0.144. The predicted octanol–water partition coefficient (Wildman–Crippen LogP) is 4.00. The van der Waals surface area contributed by atoms with Gasteiger partial charge in [-0.3, -0.25) is 14.4 Å². The lowest BCUT2D eigenvalue weighted by molar-refractivity contribution is -0.153. The molecule has 8 heteroatoms. The van der Waals surface area contributed by atoms with Gasteiger partial charge in [-0.05, 0) is 43.3 Å². The number of aromatic nitrogens is 1. The van der Waals surface area contributed by atoms with E-state index in [0.717, 1.165) is 12.1 Å². The van der Waals surface area contributed by atoms with Gasteiger partial charge < -0.3 is 14.6 Å². The topological polar surface area (TPSA) is 77.4 Å². The Bertz CT molecular complexity index is 1350. The molecule has 0 spiro atoms. The Morgan fingerprint density at radius 2 is 1.56 bits per heavy atom. The van der Waals surface area contributed by atoms with Crippen molar-refractivity contribution in [3.8, 4) is 0 Å². The smallest absolute Gasteiger partial charge is 0.326 e. The summed E-state index contributed by atoms with van der Waals surface area (Å²) in [5.74, 6) is -3.20. The van der Waals surface area contributed by atoms with Gasteiger partial charge >= 0.3 is 5.97 Å². The average Bonchev–Trinajstić information content (AvgIpc) is 2.78. The van der Waals surface area contributed by atoms with E-state index in [1.165, 1.54) is 6.92 Å². The first-order chi connectivity index (χ1) is 15.3. The van der Waals surface area contributed by atoms with E-state index in [2.05, 4.69) is 5.32 Å². The Morgan fingerprint density at radius 1 is 0.969 bits per heavy atom. The molecule has 3 aromatic carbocycles. The summed E-state index contributed by atoms with van der Waals surface area (Å²) in [6.07, 6.45) is -1.23. The van der Waals surface area contributed by atoms with Crippen LogP contribution in [-0.2, 0) is 20.9 Å². The van der Waals surface area contributed by atoms with Crippen LogP contribution in [-0.4, -0.2) is 22.5 Å². The number of esters is 1. The second kappa shape index (κ2) is 8.58.